The molecular weight excluding hydrogens is 394 g/mol. The highest BCUT2D eigenvalue weighted by Gasteiger charge is 2.40. The number of nitrogens with zero attached hydrogens (tertiary/aromatic N) is 1. The van der Waals surface area contributed by atoms with Gasteiger partial charge in [0.1, 0.15) is 6.04 Å². The van der Waals surface area contributed by atoms with Crippen LogP contribution in [0.2, 0.25) is 0 Å². The maximum absolute atomic E-state index is 13.0. The van der Waals surface area contributed by atoms with Gasteiger partial charge in [-0.2, -0.15) is 0 Å². The number of carbonyl (C=O) groups is 4. The van der Waals surface area contributed by atoms with Crippen LogP contribution in [0, 0.1) is 0 Å². The molecule has 0 saturated heterocycles. The number of nitrogens with one attached hydrogen (secondary N) is 1. The number of benzene rings is 2. The van der Waals surface area contributed by atoms with Crippen LogP contribution in [0.15, 0.2) is 48.5 Å². The Balaban J connectivity index is 1.52. The number of rotatable bonds is 6. The second-order valence-electron chi connectivity index (χ2n) is 8.15. The summed E-state index contributed by atoms with van der Waals surface area (Å²) in [6.07, 6.45) is 5.02. The maximum Gasteiger partial charge on any atom is 0.261 e. The van der Waals surface area contributed by atoms with Crippen LogP contribution in [0.3, 0.4) is 0 Å². The summed E-state index contributed by atoms with van der Waals surface area (Å²) in [6, 6.07) is 12.7. The molecule has 7 heteroatoms. The SMILES string of the molecule is NC(=O)C(Cc1ccccc1)NC(=O)c1ccc2c(c1)C(=O)N(C1CCCCC1)C2=O. The van der Waals surface area contributed by atoms with Gasteiger partial charge >= 0.3 is 0 Å². The van der Waals surface area contributed by atoms with Crippen molar-refractivity contribution in [3.63, 3.8) is 0 Å². The molecule has 1 saturated carbocycles. The number of nitrogens with two attached hydrogens (primary N) is 1. The largest absolute Gasteiger partial charge is 0.368 e. The van der Waals surface area contributed by atoms with Crippen LogP contribution in [0.5, 0.6) is 0 Å². The Morgan fingerprint density at radius 3 is 2.32 bits per heavy atom. The number of carbonyl (C=O) groups excluding carboxylic acids is 4. The minimum atomic E-state index is -0.890. The molecule has 1 atom stereocenters. The fourth-order valence-electron chi connectivity index (χ4n) is 4.39. The van der Waals surface area contributed by atoms with E-state index in [0.29, 0.717) is 5.56 Å². The number of primary amides is 1. The molecule has 2 aliphatic rings. The van der Waals surface area contributed by atoms with Crippen molar-refractivity contribution in [2.24, 2.45) is 5.73 Å². The van der Waals surface area contributed by atoms with Crippen LogP contribution in [0.25, 0.3) is 0 Å². The quantitative estimate of drug-likeness (QED) is 0.701. The van der Waals surface area contributed by atoms with Crippen LogP contribution < -0.4 is 11.1 Å². The lowest BCUT2D eigenvalue weighted by molar-refractivity contribution is -0.119. The number of amides is 4. The van der Waals surface area contributed by atoms with Gasteiger partial charge in [-0.05, 0) is 36.6 Å². The van der Waals surface area contributed by atoms with Gasteiger partial charge in [-0.15, -0.1) is 0 Å². The van der Waals surface area contributed by atoms with E-state index in [9.17, 15) is 19.2 Å². The Labute approximate surface area is 180 Å². The summed E-state index contributed by atoms with van der Waals surface area (Å²) in [6.45, 7) is 0. The topological polar surface area (TPSA) is 110 Å². The summed E-state index contributed by atoms with van der Waals surface area (Å²) in [7, 11) is 0. The van der Waals surface area contributed by atoms with Crippen molar-refractivity contribution in [3.8, 4) is 0 Å². The van der Waals surface area contributed by atoms with Gasteiger partial charge in [-0.1, -0.05) is 49.6 Å². The average molecular weight is 419 g/mol. The minimum Gasteiger partial charge on any atom is -0.368 e. The monoisotopic (exact) mass is 419 g/mol. The normalized spacial score (nSPS) is 17.4. The fraction of sp³-hybridized carbons (Fsp3) is 0.333. The average Bonchev–Trinajstić information content (AvgIpc) is 3.04. The molecule has 1 unspecified atom stereocenters. The fourth-order valence-corrected chi connectivity index (χ4v) is 4.39. The predicted molar refractivity (Wildman–Crippen MR) is 114 cm³/mol. The smallest absolute Gasteiger partial charge is 0.261 e. The number of hydrogen-bond acceptors (Lipinski definition) is 4. The Hall–Kier alpha value is -3.48. The van der Waals surface area contributed by atoms with Crippen LogP contribution in [-0.4, -0.2) is 40.6 Å². The van der Waals surface area contributed by atoms with Crippen molar-refractivity contribution in [2.75, 3.05) is 0 Å². The highest BCUT2D eigenvalue weighted by molar-refractivity contribution is 6.22. The molecule has 0 aromatic heterocycles. The predicted octanol–water partition coefficient (Wildman–Crippen LogP) is 2.44. The second-order valence-corrected chi connectivity index (χ2v) is 8.15. The van der Waals surface area contributed by atoms with E-state index in [0.717, 1.165) is 37.7 Å². The highest BCUT2D eigenvalue weighted by atomic mass is 16.2. The molecule has 2 aromatic rings. The molecule has 1 aliphatic heterocycles. The first-order valence-corrected chi connectivity index (χ1v) is 10.6. The lowest BCUT2D eigenvalue weighted by atomic mass is 9.94. The molecule has 1 fully saturated rings. The summed E-state index contributed by atoms with van der Waals surface area (Å²) < 4.78 is 0. The van der Waals surface area contributed by atoms with Crippen molar-refractivity contribution in [1.29, 1.82) is 0 Å². The van der Waals surface area contributed by atoms with E-state index in [2.05, 4.69) is 5.32 Å². The van der Waals surface area contributed by atoms with Crippen LogP contribution >= 0.6 is 0 Å². The van der Waals surface area contributed by atoms with Crippen molar-refractivity contribution in [2.45, 2.75) is 50.6 Å². The highest BCUT2D eigenvalue weighted by Crippen LogP contribution is 2.31. The number of imide groups is 1. The number of fused-ring (bicyclic) bond motifs is 1. The molecule has 1 heterocycles. The van der Waals surface area contributed by atoms with E-state index < -0.39 is 17.9 Å². The van der Waals surface area contributed by atoms with E-state index in [4.69, 9.17) is 5.73 Å². The molecule has 4 rings (SSSR count). The molecule has 160 valence electrons. The summed E-state index contributed by atoms with van der Waals surface area (Å²) in [5.74, 6) is -1.80. The van der Waals surface area contributed by atoms with Gasteiger partial charge in [0.15, 0.2) is 0 Å². The molecule has 0 radical (unpaired) electrons. The molecule has 7 nitrogen and oxygen atoms in total. The molecule has 3 N–H and O–H groups in total. The zero-order chi connectivity index (χ0) is 22.0. The van der Waals surface area contributed by atoms with Gasteiger partial charge in [0.2, 0.25) is 5.91 Å². The summed E-state index contributed by atoms with van der Waals surface area (Å²) >= 11 is 0. The number of hydrogen-bond donors (Lipinski definition) is 2. The Morgan fingerprint density at radius 2 is 1.65 bits per heavy atom. The van der Waals surface area contributed by atoms with E-state index in [1.54, 1.807) is 0 Å². The second kappa shape index (κ2) is 8.71. The van der Waals surface area contributed by atoms with Crippen LogP contribution in [-0.2, 0) is 11.2 Å². The van der Waals surface area contributed by atoms with Gasteiger partial charge in [0.25, 0.3) is 17.7 Å². The first kappa shape index (κ1) is 20.8. The third kappa shape index (κ3) is 4.21. The van der Waals surface area contributed by atoms with Gasteiger partial charge in [-0.3, -0.25) is 24.1 Å². The van der Waals surface area contributed by atoms with Gasteiger partial charge in [0.05, 0.1) is 11.1 Å². The third-order valence-electron chi connectivity index (χ3n) is 6.05. The molecule has 2 aromatic carbocycles. The Morgan fingerprint density at radius 1 is 0.968 bits per heavy atom. The lowest BCUT2D eigenvalue weighted by Crippen LogP contribution is -2.45. The van der Waals surface area contributed by atoms with E-state index in [1.165, 1.54) is 23.1 Å². The van der Waals surface area contributed by atoms with E-state index in [-0.39, 0.29) is 35.4 Å². The maximum atomic E-state index is 13.0. The van der Waals surface area contributed by atoms with Crippen LogP contribution in [0.4, 0.5) is 0 Å². The van der Waals surface area contributed by atoms with Crippen molar-refractivity contribution < 1.29 is 19.2 Å². The van der Waals surface area contributed by atoms with Crippen molar-refractivity contribution in [1.82, 2.24) is 10.2 Å². The van der Waals surface area contributed by atoms with Gasteiger partial charge < -0.3 is 11.1 Å². The van der Waals surface area contributed by atoms with Crippen LogP contribution in [0.1, 0.15) is 68.7 Å². The molecule has 0 bridgehead atoms. The summed E-state index contributed by atoms with van der Waals surface area (Å²) in [5, 5.41) is 2.65. The standard InChI is InChI=1S/C24H25N3O4/c25-21(28)20(13-15-7-3-1-4-8-15)26-22(29)16-11-12-18-19(14-16)24(31)27(23(18)30)17-9-5-2-6-10-17/h1,3-4,7-8,11-12,14,17,20H,2,5-6,9-10,13H2,(H2,25,28)(H,26,29). The van der Waals surface area contributed by atoms with E-state index in [1.807, 2.05) is 30.3 Å². The first-order chi connectivity index (χ1) is 15.0. The molecule has 1 aliphatic carbocycles. The summed E-state index contributed by atoms with van der Waals surface area (Å²) in [5.41, 5.74) is 7.12. The zero-order valence-corrected chi connectivity index (χ0v) is 17.2. The molecule has 31 heavy (non-hydrogen) atoms. The minimum absolute atomic E-state index is 0.0801. The summed E-state index contributed by atoms with van der Waals surface area (Å²) in [4.78, 5) is 51.8. The van der Waals surface area contributed by atoms with Crippen molar-refractivity contribution in [3.05, 3.63) is 70.8 Å². The first-order valence-electron chi connectivity index (χ1n) is 10.6. The molecule has 4 amide bonds. The van der Waals surface area contributed by atoms with Gasteiger partial charge in [-0.25, -0.2) is 0 Å². The zero-order valence-electron chi connectivity index (χ0n) is 17.2. The Bertz CT molecular complexity index is 1030. The third-order valence-corrected chi connectivity index (χ3v) is 6.05. The van der Waals surface area contributed by atoms with Crippen molar-refractivity contribution >= 4 is 23.6 Å². The van der Waals surface area contributed by atoms with Gasteiger partial charge in [0, 0.05) is 18.0 Å². The lowest BCUT2D eigenvalue weighted by Gasteiger charge is -2.29. The Kier molecular flexibility index (Phi) is 5.84. The van der Waals surface area contributed by atoms with E-state index >= 15 is 0 Å². The molecule has 0 spiro atoms. The molecular formula is C24H25N3O4.